The van der Waals surface area contributed by atoms with Crippen molar-refractivity contribution >= 4 is 11.6 Å². The van der Waals surface area contributed by atoms with Gasteiger partial charge in [0.05, 0.1) is 11.3 Å². The zero-order valence-electron chi connectivity index (χ0n) is 11.2. The molecule has 6 heteroatoms. The Balaban J connectivity index is 1.66. The van der Waals surface area contributed by atoms with Gasteiger partial charge in [0.25, 0.3) is 5.91 Å². The summed E-state index contributed by atoms with van der Waals surface area (Å²) in [5.74, 6) is 4.49. The minimum absolute atomic E-state index is 0.0436. The molecule has 1 amide bonds. The summed E-state index contributed by atoms with van der Waals surface area (Å²) in [6, 6.07) is 5.21. The van der Waals surface area contributed by atoms with Crippen LogP contribution in [0.4, 0.5) is 10.1 Å². The van der Waals surface area contributed by atoms with E-state index in [1.807, 2.05) is 0 Å². The zero-order chi connectivity index (χ0) is 14.1. The Morgan fingerprint density at radius 2 is 2.15 bits per heavy atom. The molecule has 3 rings (SSSR count). The molecule has 1 saturated carbocycles. The van der Waals surface area contributed by atoms with Gasteiger partial charge in [-0.15, -0.1) is 0 Å². The second-order valence-electron chi connectivity index (χ2n) is 5.49. The molecule has 0 bridgehead atoms. The van der Waals surface area contributed by atoms with Crippen molar-refractivity contribution < 1.29 is 9.18 Å². The molecule has 0 aromatic heterocycles. The van der Waals surface area contributed by atoms with Crippen LogP contribution in [-0.2, 0) is 0 Å². The SMILES string of the molecule is NNc1c(F)cccc1C(=O)NC1CCN(C2CC2)C1. The van der Waals surface area contributed by atoms with E-state index < -0.39 is 5.82 Å². The van der Waals surface area contributed by atoms with Gasteiger partial charge in [-0.2, -0.15) is 0 Å². The lowest BCUT2D eigenvalue weighted by Crippen LogP contribution is -2.38. The normalized spacial score (nSPS) is 22.8. The summed E-state index contributed by atoms with van der Waals surface area (Å²) in [4.78, 5) is 14.6. The molecular weight excluding hydrogens is 259 g/mol. The fraction of sp³-hybridized carbons (Fsp3) is 0.500. The quantitative estimate of drug-likeness (QED) is 0.569. The van der Waals surface area contributed by atoms with E-state index in [4.69, 9.17) is 5.84 Å². The maximum atomic E-state index is 13.6. The number of nitrogens with two attached hydrogens (primary N) is 1. The van der Waals surface area contributed by atoms with Gasteiger partial charge in [0.15, 0.2) is 0 Å². The molecule has 0 radical (unpaired) electrons. The number of carbonyl (C=O) groups is 1. The summed E-state index contributed by atoms with van der Waals surface area (Å²) < 4.78 is 13.6. The number of nitrogens with zero attached hydrogens (tertiary/aromatic N) is 1. The van der Waals surface area contributed by atoms with Crippen LogP contribution in [0.3, 0.4) is 0 Å². The van der Waals surface area contributed by atoms with E-state index in [9.17, 15) is 9.18 Å². The van der Waals surface area contributed by atoms with Gasteiger partial charge in [0, 0.05) is 25.2 Å². The van der Waals surface area contributed by atoms with Crippen LogP contribution >= 0.6 is 0 Å². The minimum atomic E-state index is -0.522. The molecule has 1 aliphatic carbocycles. The van der Waals surface area contributed by atoms with Gasteiger partial charge in [-0.25, -0.2) is 4.39 Å². The predicted molar refractivity (Wildman–Crippen MR) is 74.7 cm³/mol. The van der Waals surface area contributed by atoms with Gasteiger partial charge in [-0.05, 0) is 31.4 Å². The topological polar surface area (TPSA) is 70.4 Å². The van der Waals surface area contributed by atoms with Crippen molar-refractivity contribution in [3.05, 3.63) is 29.6 Å². The van der Waals surface area contributed by atoms with Crippen molar-refractivity contribution in [2.24, 2.45) is 5.84 Å². The van der Waals surface area contributed by atoms with Crippen molar-refractivity contribution in [3.8, 4) is 0 Å². The highest BCUT2D eigenvalue weighted by atomic mass is 19.1. The lowest BCUT2D eigenvalue weighted by Gasteiger charge is -2.17. The number of hydrazine groups is 1. The average molecular weight is 278 g/mol. The Kier molecular flexibility index (Phi) is 3.58. The van der Waals surface area contributed by atoms with Gasteiger partial charge >= 0.3 is 0 Å². The summed E-state index contributed by atoms with van der Waals surface area (Å²) in [6.45, 7) is 1.91. The molecule has 2 aliphatic rings. The molecule has 4 N–H and O–H groups in total. The average Bonchev–Trinajstić information content (AvgIpc) is 3.19. The van der Waals surface area contributed by atoms with Gasteiger partial charge in [0.2, 0.25) is 0 Å². The number of nitrogens with one attached hydrogen (secondary N) is 2. The molecule has 1 aromatic rings. The third-order valence-corrected chi connectivity index (χ3v) is 4.02. The summed E-state index contributed by atoms with van der Waals surface area (Å²) in [5.41, 5.74) is 2.55. The van der Waals surface area contributed by atoms with Crippen LogP contribution in [0, 0.1) is 5.82 Å². The number of benzene rings is 1. The number of rotatable bonds is 4. The van der Waals surface area contributed by atoms with E-state index in [0.29, 0.717) is 6.04 Å². The van der Waals surface area contributed by atoms with E-state index in [-0.39, 0.29) is 23.2 Å². The number of hydrogen-bond donors (Lipinski definition) is 3. The van der Waals surface area contributed by atoms with Crippen molar-refractivity contribution in [3.63, 3.8) is 0 Å². The van der Waals surface area contributed by atoms with E-state index in [1.54, 1.807) is 6.07 Å². The Hall–Kier alpha value is -1.66. The highest BCUT2D eigenvalue weighted by molar-refractivity contribution is 5.99. The number of likely N-dealkylation sites (tertiary alicyclic amines) is 1. The second kappa shape index (κ2) is 5.38. The van der Waals surface area contributed by atoms with Gasteiger partial charge in [0.1, 0.15) is 5.82 Å². The molecule has 2 fully saturated rings. The van der Waals surface area contributed by atoms with Crippen molar-refractivity contribution in [1.29, 1.82) is 0 Å². The van der Waals surface area contributed by atoms with Crippen molar-refractivity contribution in [2.45, 2.75) is 31.3 Å². The Morgan fingerprint density at radius 3 is 2.85 bits per heavy atom. The maximum Gasteiger partial charge on any atom is 0.253 e. The molecule has 5 nitrogen and oxygen atoms in total. The summed E-state index contributed by atoms with van der Waals surface area (Å²) in [6.07, 6.45) is 3.49. The number of nitrogen functional groups attached to an aromatic ring is 1. The second-order valence-corrected chi connectivity index (χ2v) is 5.49. The Morgan fingerprint density at radius 1 is 1.35 bits per heavy atom. The number of halogens is 1. The predicted octanol–water partition coefficient (Wildman–Crippen LogP) is 1.08. The molecule has 1 unspecified atom stereocenters. The van der Waals surface area contributed by atoms with E-state index >= 15 is 0 Å². The van der Waals surface area contributed by atoms with E-state index in [0.717, 1.165) is 19.5 Å². The fourth-order valence-electron chi connectivity index (χ4n) is 2.80. The minimum Gasteiger partial charge on any atom is -0.348 e. The maximum absolute atomic E-state index is 13.6. The van der Waals surface area contributed by atoms with Crippen LogP contribution in [0.15, 0.2) is 18.2 Å². The first kappa shape index (κ1) is 13.3. The third kappa shape index (κ3) is 2.62. The fourth-order valence-corrected chi connectivity index (χ4v) is 2.80. The summed E-state index contributed by atoms with van der Waals surface area (Å²) in [7, 11) is 0. The lowest BCUT2D eigenvalue weighted by molar-refractivity contribution is 0.0938. The molecule has 1 atom stereocenters. The number of anilines is 1. The van der Waals surface area contributed by atoms with Crippen LogP contribution in [0.1, 0.15) is 29.6 Å². The molecule has 0 spiro atoms. The summed E-state index contributed by atoms with van der Waals surface area (Å²) in [5, 5.41) is 2.97. The largest absolute Gasteiger partial charge is 0.348 e. The molecule has 1 saturated heterocycles. The van der Waals surface area contributed by atoms with Gasteiger partial charge in [-0.3, -0.25) is 15.5 Å². The smallest absolute Gasteiger partial charge is 0.253 e. The monoisotopic (exact) mass is 278 g/mol. The highest BCUT2D eigenvalue weighted by Crippen LogP contribution is 2.30. The van der Waals surface area contributed by atoms with E-state index in [1.165, 1.54) is 25.0 Å². The Bertz CT molecular complexity index is 518. The first-order chi connectivity index (χ1) is 9.69. The van der Waals surface area contributed by atoms with E-state index in [2.05, 4.69) is 15.6 Å². The van der Waals surface area contributed by atoms with Crippen molar-refractivity contribution in [2.75, 3.05) is 18.5 Å². The van der Waals surface area contributed by atoms with Crippen molar-refractivity contribution in [1.82, 2.24) is 10.2 Å². The standard InChI is InChI=1S/C14H19FN4O/c15-12-3-1-2-11(13(12)18-16)14(20)17-9-6-7-19(8-9)10-4-5-10/h1-3,9-10,18H,4-8,16H2,(H,17,20). The third-order valence-electron chi connectivity index (χ3n) is 4.02. The first-order valence-corrected chi connectivity index (χ1v) is 6.99. The van der Waals surface area contributed by atoms with Crippen LogP contribution in [-0.4, -0.2) is 36.0 Å². The highest BCUT2D eigenvalue weighted by Gasteiger charge is 2.35. The number of para-hydroxylation sites is 1. The number of carbonyl (C=O) groups excluding carboxylic acids is 1. The first-order valence-electron chi connectivity index (χ1n) is 6.99. The van der Waals surface area contributed by atoms with Crippen LogP contribution in [0.2, 0.25) is 0 Å². The molecule has 20 heavy (non-hydrogen) atoms. The molecule has 1 heterocycles. The molecule has 1 aromatic carbocycles. The molecule has 108 valence electrons. The Labute approximate surface area is 117 Å². The summed E-state index contributed by atoms with van der Waals surface area (Å²) >= 11 is 0. The lowest BCUT2D eigenvalue weighted by atomic mass is 10.1. The number of amides is 1. The van der Waals surface area contributed by atoms with Crippen LogP contribution < -0.4 is 16.6 Å². The van der Waals surface area contributed by atoms with Crippen LogP contribution in [0.25, 0.3) is 0 Å². The van der Waals surface area contributed by atoms with Gasteiger partial charge in [-0.1, -0.05) is 6.07 Å². The van der Waals surface area contributed by atoms with Gasteiger partial charge < -0.3 is 10.7 Å². The molecule has 1 aliphatic heterocycles. The van der Waals surface area contributed by atoms with Crippen LogP contribution in [0.5, 0.6) is 0 Å². The molecular formula is C14H19FN4O. The zero-order valence-corrected chi connectivity index (χ0v) is 11.2. The number of hydrogen-bond acceptors (Lipinski definition) is 4.